The van der Waals surface area contributed by atoms with E-state index in [4.69, 9.17) is 4.74 Å². The Bertz CT molecular complexity index is 849. The van der Waals surface area contributed by atoms with E-state index in [1.165, 1.54) is 31.4 Å². The van der Waals surface area contributed by atoms with Gasteiger partial charge >= 0.3 is 5.97 Å². The number of carbonyl (C=O) groups is 1. The second-order valence-electron chi connectivity index (χ2n) is 5.73. The van der Waals surface area contributed by atoms with Crippen molar-refractivity contribution in [1.29, 1.82) is 0 Å². The van der Waals surface area contributed by atoms with Crippen LogP contribution < -0.4 is 10.3 Å². The highest BCUT2D eigenvalue weighted by Gasteiger charge is 2.26. The summed E-state index contributed by atoms with van der Waals surface area (Å²) in [6.45, 7) is 0.646. The molecule has 2 aromatic carbocycles. The largest absolute Gasteiger partial charge is 0.463 e. The van der Waals surface area contributed by atoms with Crippen molar-refractivity contribution in [2.75, 3.05) is 24.0 Å². The minimum absolute atomic E-state index is 0.0160. The molecule has 2 aromatic rings. The molecule has 1 aliphatic heterocycles. The van der Waals surface area contributed by atoms with Crippen molar-refractivity contribution in [3.63, 3.8) is 0 Å². The minimum Gasteiger partial charge on any atom is -0.463 e. The van der Waals surface area contributed by atoms with E-state index < -0.39 is 10.9 Å². The Labute approximate surface area is 150 Å². The van der Waals surface area contributed by atoms with Crippen LogP contribution in [0.3, 0.4) is 0 Å². The quantitative estimate of drug-likeness (QED) is 0.299. The van der Waals surface area contributed by atoms with Gasteiger partial charge in [0.25, 0.3) is 5.69 Å². The van der Waals surface area contributed by atoms with Gasteiger partial charge in [-0.15, -0.1) is 5.10 Å². The lowest BCUT2D eigenvalue weighted by atomic mass is 10.0. The first kappa shape index (κ1) is 17.4. The molecule has 134 valence electrons. The summed E-state index contributed by atoms with van der Waals surface area (Å²) in [5, 5.41) is 14.9. The summed E-state index contributed by atoms with van der Waals surface area (Å²) in [5.41, 5.74) is 5.36. The molecule has 0 aromatic heterocycles. The fourth-order valence-corrected chi connectivity index (χ4v) is 2.84. The van der Waals surface area contributed by atoms with E-state index in [0.29, 0.717) is 12.2 Å². The zero-order valence-corrected chi connectivity index (χ0v) is 14.2. The van der Waals surface area contributed by atoms with Crippen molar-refractivity contribution < 1.29 is 14.5 Å². The number of para-hydroxylation sites is 1. The van der Waals surface area contributed by atoms with Crippen LogP contribution in [0, 0.1) is 10.1 Å². The highest BCUT2D eigenvalue weighted by atomic mass is 16.6. The number of benzene rings is 2. The number of nitrogens with one attached hydrogen (secondary N) is 1. The summed E-state index contributed by atoms with van der Waals surface area (Å²) in [4.78, 5) is 24.3. The van der Waals surface area contributed by atoms with Gasteiger partial charge in [-0.25, -0.2) is 4.79 Å². The molecular weight excluding hydrogens is 336 g/mol. The number of fused-ring (bicyclic) bond motifs is 1. The van der Waals surface area contributed by atoms with Crippen molar-refractivity contribution in [3.8, 4) is 0 Å². The van der Waals surface area contributed by atoms with Gasteiger partial charge in [-0.3, -0.25) is 15.5 Å². The lowest BCUT2D eigenvalue weighted by Gasteiger charge is -2.30. The predicted molar refractivity (Wildman–Crippen MR) is 98.3 cm³/mol. The van der Waals surface area contributed by atoms with Gasteiger partial charge in [0.2, 0.25) is 5.84 Å². The highest BCUT2D eigenvalue weighted by molar-refractivity contribution is 6.41. The molecule has 0 radical (unpaired) electrons. The number of esters is 1. The van der Waals surface area contributed by atoms with Crippen LogP contribution in [0.15, 0.2) is 53.6 Å². The van der Waals surface area contributed by atoms with Crippen LogP contribution in [0.25, 0.3) is 0 Å². The highest BCUT2D eigenvalue weighted by Crippen LogP contribution is 2.27. The zero-order chi connectivity index (χ0) is 18.5. The van der Waals surface area contributed by atoms with Crippen molar-refractivity contribution in [1.82, 2.24) is 0 Å². The first-order chi connectivity index (χ1) is 12.6. The molecule has 8 nitrogen and oxygen atoms in total. The molecule has 0 amide bonds. The van der Waals surface area contributed by atoms with Crippen LogP contribution >= 0.6 is 0 Å². The van der Waals surface area contributed by atoms with E-state index in [1.807, 2.05) is 29.2 Å². The Morgan fingerprint density at radius 2 is 1.96 bits per heavy atom. The van der Waals surface area contributed by atoms with Gasteiger partial charge in [0.15, 0.2) is 0 Å². The first-order valence-corrected chi connectivity index (χ1v) is 8.12. The summed E-state index contributed by atoms with van der Waals surface area (Å²) >= 11 is 0. The van der Waals surface area contributed by atoms with Gasteiger partial charge in [0.05, 0.1) is 17.7 Å². The van der Waals surface area contributed by atoms with Crippen LogP contribution in [0.1, 0.15) is 12.0 Å². The van der Waals surface area contributed by atoms with E-state index in [9.17, 15) is 14.9 Å². The van der Waals surface area contributed by atoms with Gasteiger partial charge in [0, 0.05) is 24.4 Å². The van der Waals surface area contributed by atoms with Crippen LogP contribution in [0.5, 0.6) is 0 Å². The third kappa shape index (κ3) is 3.64. The molecule has 0 bridgehead atoms. The number of non-ortho nitro benzene ring substituents is 1. The summed E-state index contributed by atoms with van der Waals surface area (Å²) in [6, 6.07) is 13.6. The number of nitro benzene ring substituents is 1. The summed E-state index contributed by atoms with van der Waals surface area (Å²) in [6.07, 6.45) is 1.83. The number of aryl methyl sites for hydroxylation is 1. The molecule has 0 saturated carbocycles. The van der Waals surface area contributed by atoms with Gasteiger partial charge in [0.1, 0.15) is 0 Å². The number of amidine groups is 1. The van der Waals surface area contributed by atoms with Gasteiger partial charge in [-0.05, 0) is 36.6 Å². The van der Waals surface area contributed by atoms with Crippen LogP contribution in [0.2, 0.25) is 0 Å². The molecule has 0 aliphatic carbocycles. The molecule has 8 heteroatoms. The zero-order valence-electron chi connectivity index (χ0n) is 14.2. The van der Waals surface area contributed by atoms with Crippen LogP contribution in [-0.4, -0.2) is 30.4 Å². The van der Waals surface area contributed by atoms with Crippen LogP contribution in [0.4, 0.5) is 17.1 Å². The van der Waals surface area contributed by atoms with Crippen molar-refractivity contribution in [2.24, 2.45) is 5.10 Å². The SMILES string of the molecule is COC(=O)/C(=N\Nc1ccc([N+](=O)[O-])cc1)N1CCCc2ccccc21. The van der Waals surface area contributed by atoms with E-state index in [1.54, 1.807) is 0 Å². The number of anilines is 2. The predicted octanol–water partition coefficient (Wildman–Crippen LogP) is 2.95. The fourth-order valence-electron chi connectivity index (χ4n) is 2.84. The number of methoxy groups -OCH3 is 1. The summed E-state index contributed by atoms with van der Waals surface area (Å²) in [5.74, 6) is -0.422. The Kier molecular flexibility index (Phi) is 5.12. The molecule has 0 atom stereocenters. The molecule has 0 saturated heterocycles. The number of nitro groups is 1. The Balaban J connectivity index is 1.88. The lowest BCUT2D eigenvalue weighted by Crippen LogP contribution is -2.41. The molecule has 1 aliphatic rings. The van der Waals surface area contributed by atoms with Gasteiger partial charge in [-0.1, -0.05) is 18.2 Å². The number of hydrogen-bond acceptors (Lipinski definition) is 6. The van der Waals surface area contributed by atoms with E-state index in [-0.39, 0.29) is 11.5 Å². The average Bonchev–Trinajstić information content (AvgIpc) is 2.68. The topological polar surface area (TPSA) is 97.1 Å². The molecule has 1 heterocycles. The maximum atomic E-state index is 12.3. The number of hydrogen-bond donors (Lipinski definition) is 1. The lowest BCUT2D eigenvalue weighted by molar-refractivity contribution is -0.384. The molecule has 0 fully saturated rings. The van der Waals surface area contributed by atoms with Crippen LogP contribution in [-0.2, 0) is 16.0 Å². The summed E-state index contributed by atoms with van der Waals surface area (Å²) in [7, 11) is 1.31. The maximum Gasteiger partial charge on any atom is 0.376 e. The molecular formula is C18H18N4O4. The van der Waals surface area contributed by atoms with Gasteiger partial charge < -0.3 is 9.64 Å². The first-order valence-electron chi connectivity index (χ1n) is 8.12. The number of nitrogens with zero attached hydrogens (tertiary/aromatic N) is 3. The molecule has 0 spiro atoms. The van der Waals surface area contributed by atoms with E-state index in [0.717, 1.165) is 24.1 Å². The number of rotatable bonds is 3. The maximum absolute atomic E-state index is 12.3. The Morgan fingerprint density at radius 1 is 1.23 bits per heavy atom. The summed E-state index contributed by atoms with van der Waals surface area (Å²) < 4.78 is 4.88. The second-order valence-corrected chi connectivity index (χ2v) is 5.73. The molecule has 1 N–H and O–H groups in total. The molecule has 3 rings (SSSR count). The monoisotopic (exact) mass is 354 g/mol. The Hall–Kier alpha value is -3.42. The van der Waals surface area contributed by atoms with Crippen molar-refractivity contribution in [2.45, 2.75) is 12.8 Å². The average molecular weight is 354 g/mol. The van der Waals surface area contributed by atoms with Crippen molar-refractivity contribution >= 4 is 28.9 Å². The third-order valence-corrected chi connectivity index (χ3v) is 4.10. The number of hydrazone groups is 1. The molecule has 0 unspecified atom stereocenters. The molecule has 26 heavy (non-hydrogen) atoms. The number of ether oxygens (including phenoxy) is 1. The second kappa shape index (κ2) is 7.64. The normalized spacial score (nSPS) is 13.7. The minimum atomic E-state index is -0.559. The number of carbonyl (C=O) groups excluding carboxylic acids is 1. The van der Waals surface area contributed by atoms with Crippen molar-refractivity contribution in [3.05, 3.63) is 64.2 Å². The smallest absolute Gasteiger partial charge is 0.376 e. The fraction of sp³-hybridized carbons (Fsp3) is 0.222. The van der Waals surface area contributed by atoms with Gasteiger partial charge in [-0.2, -0.15) is 0 Å². The van der Waals surface area contributed by atoms with E-state index in [2.05, 4.69) is 10.5 Å². The van der Waals surface area contributed by atoms with E-state index >= 15 is 0 Å². The third-order valence-electron chi connectivity index (χ3n) is 4.10. The Morgan fingerprint density at radius 3 is 2.65 bits per heavy atom. The standard InChI is InChI=1S/C18H18N4O4/c1-26-18(23)17(20-19-14-8-10-15(11-9-14)22(24)25)21-12-4-6-13-5-2-3-7-16(13)21/h2-3,5,7-11,19H,4,6,12H2,1H3/b20-17+.